The Hall–Kier alpha value is -2.58. The van der Waals surface area contributed by atoms with Crippen LogP contribution >= 0.6 is 0 Å². The molecule has 1 aromatic rings. The first-order valence-corrected chi connectivity index (χ1v) is 10.2. The number of carbonyl (C=O) groups excluding carboxylic acids is 3. The van der Waals surface area contributed by atoms with Gasteiger partial charge in [-0.3, -0.25) is 14.4 Å². The van der Waals surface area contributed by atoms with Gasteiger partial charge in [0.25, 0.3) is 0 Å². The van der Waals surface area contributed by atoms with Crippen LogP contribution < -0.4 is 10.6 Å². The molecule has 0 bridgehead atoms. The second-order valence-electron chi connectivity index (χ2n) is 7.48. The molecule has 2 N–H and O–H groups in total. The van der Waals surface area contributed by atoms with Gasteiger partial charge in [0.15, 0.2) is 0 Å². The number of alkyl halides is 3. The number of likely N-dealkylation sites (tertiary alicyclic amines) is 1. The Morgan fingerprint density at radius 3 is 2.60 bits per heavy atom. The molecule has 30 heavy (non-hydrogen) atoms. The summed E-state index contributed by atoms with van der Waals surface area (Å²) in [6.45, 7) is 2.66. The van der Waals surface area contributed by atoms with Crippen LogP contribution in [0.3, 0.4) is 0 Å². The maximum absolute atomic E-state index is 13.1. The van der Waals surface area contributed by atoms with Crippen LogP contribution in [0.2, 0.25) is 0 Å². The fourth-order valence-corrected chi connectivity index (χ4v) is 3.40. The summed E-state index contributed by atoms with van der Waals surface area (Å²) in [5.74, 6) is -0.434. The third-order valence-corrected chi connectivity index (χ3v) is 4.98. The molecule has 0 aliphatic carbocycles. The molecular weight excluding hydrogens is 399 g/mol. The largest absolute Gasteiger partial charge is 0.416 e. The fourth-order valence-electron chi connectivity index (χ4n) is 3.40. The lowest BCUT2D eigenvalue weighted by molar-refractivity contribution is -0.137. The summed E-state index contributed by atoms with van der Waals surface area (Å²) in [5, 5.41) is 5.48. The van der Waals surface area contributed by atoms with Gasteiger partial charge in [-0.15, -0.1) is 0 Å². The minimum atomic E-state index is -4.48. The van der Waals surface area contributed by atoms with E-state index < -0.39 is 17.8 Å². The highest BCUT2D eigenvalue weighted by Gasteiger charge is 2.32. The summed E-state index contributed by atoms with van der Waals surface area (Å²) in [5.41, 5.74) is -0.464. The Balaban J connectivity index is 1.99. The summed E-state index contributed by atoms with van der Waals surface area (Å²) in [7, 11) is 0. The van der Waals surface area contributed by atoms with Crippen molar-refractivity contribution in [2.75, 3.05) is 19.6 Å². The molecule has 1 heterocycles. The van der Waals surface area contributed by atoms with Crippen LogP contribution in [0.5, 0.6) is 0 Å². The van der Waals surface area contributed by atoms with Crippen molar-refractivity contribution in [1.82, 2.24) is 15.5 Å². The minimum absolute atomic E-state index is 0.0563. The van der Waals surface area contributed by atoms with E-state index in [9.17, 15) is 27.6 Å². The first-order valence-electron chi connectivity index (χ1n) is 10.2. The average molecular weight is 427 g/mol. The zero-order valence-corrected chi connectivity index (χ0v) is 17.1. The van der Waals surface area contributed by atoms with Gasteiger partial charge in [0.2, 0.25) is 17.7 Å². The van der Waals surface area contributed by atoms with E-state index in [1.807, 2.05) is 0 Å². The highest BCUT2D eigenvalue weighted by molar-refractivity contribution is 5.79. The second kappa shape index (κ2) is 11.0. The lowest BCUT2D eigenvalue weighted by atomic mass is 10.0. The van der Waals surface area contributed by atoms with Gasteiger partial charge in [0, 0.05) is 39.4 Å². The number of hydrogen-bond donors (Lipinski definition) is 2. The molecule has 1 fully saturated rings. The number of amides is 3. The summed E-state index contributed by atoms with van der Waals surface area (Å²) in [6.07, 6.45) is -1.05. The maximum Gasteiger partial charge on any atom is 0.416 e. The van der Waals surface area contributed by atoms with Gasteiger partial charge >= 0.3 is 6.18 Å². The maximum atomic E-state index is 13.1. The number of hydrogen-bond acceptors (Lipinski definition) is 3. The molecule has 0 radical (unpaired) electrons. The van der Waals surface area contributed by atoms with Crippen LogP contribution in [-0.4, -0.2) is 42.3 Å². The highest BCUT2D eigenvalue weighted by Crippen LogP contribution is 2.31. The number of nitrogens with one attached hydrogen (secondary N) is 2. The molecule has 2 rings (SSSR count). The summed E-state index contributed by atoms with van der Waals surface area (Å²) in [6, 6.07) is 4.15. The van der Waals surface area contributed by atoms with Crippen molar-refractivity contribution >= 4 is 17.7 Å². The fraction of sp³-hybridized carbons (Fsp3) is 0.571. The van der Waals surface area contributed by atoms with Gasteiger partial charge in [-0.05, 0) is 37.0 Å². The van der Waals surface area contributed by atoms with Crippen LogP contribution in [0.25, 0.3) is 0 Å². The van der Waals surface area contributed by atoms with Gasteiger partial charge in [-0.25, -0.2) is 0 Å². The van der Waals surface area contributed by atoms with Crippen LogP contribution in [0.1, 0.15) is 62.6 Å². The first-order chi connectivity index (χ1) is 14.2. The van der Waals surface area contributed by atoms with E-state index in [1.165, 1.54) is 19.1 Å². The van der Waals surface area contributed by atoms with Gasteiger partial charge in [-0.1, -0.05) is 18.6 Å². The van der Waals surface area contributed by atoms with Gasteiger partial charge in [0.05, 0.1) is 11.6 Å². The van der Waals surface area contributed by atoms with Crippen LogP contribution in [0.15, 0.2) is 24.3 Å². The molecule has 0 aromatic heterocycles. The predicted molar refractivity (Wildman–Crippen MR) is 105 cm³/mol. The number of rotatable bonds is 10. The topological polar surface area (TPSA) is 78.5 Å². The Kier molecular flexibility index (Phi) is 8.68. The van der Waals surface area contributed by atoms with E-state index in [2.05, 4.69) is 10.6 Å². The van der Waals surface area contributed by atoms with Gasteiger partial charge < -0.3 is 15.5 Å². The average Bonchev–Trinajstić information content (AvgIpc) is 3.08. The number of nitrogens with zero attached hydrogens (tertiary/aromatic N) is 1. The smallest absolute Gasteiger partial charge is 0.356 e. The van der Waals surface area contributed by atoms with Crippen molar-refractivity contribution in [3.05, 3.63) is 35.4 Å². The van der Waals surface area contributed by atoms with Crippen LogP contribution in [0, 0.1) is 0 Å². The Bertz CT molecular complexity index is 753. The lowest BCUT2D eigenvalue weighted by Crippen LogP contribution is -2.38. The van der Waals surface area contributed by atoms with E-state index in [-0.39, 0.29) is 30.7 Å². The van der Waals surface area contributed by atoms with Crippen molar-refractivity contribution in [3.63, 3.8) is 0 Å². The molecular formula is C21H28F3N3O3. The zero-order chi connectivity index (χ0) is 22.1. The van der Waals surface area contributed by atoms with Crippen LogP contribution in [-0.2, 0) is 20.6 Å². The van der Waals surface area contributed by atoms with E-state index in [1.54, 1.807) is 4.90 Å². The van der Waals surface area contributed by atoms with Crippen molar-refractivity contribution in [1.29, 1.82) is 0 Å². The van der Waals surface area contributed by atoms with E-state index >= 15 is 0 Å². The Morgan fingerprint density at radius 1 is 1.20 bits per heavy atom. The quantitative estimate of drug-likeness (QED) is 0.563. The second-order valence-corrected chi connectivity index (χ2v) is 7.48. The molecule has 166 valence electrons. The number of unbranched alkanes of at least 4 members (excludes halogenated alkanes) is 2. The van der Waals surface area contributed by atoms with Crippen LogP contribution in [0.4, 0.5) is 13.2 Å². The summed E-state index contributed by atoms with van der Waals surface area (Å²) in [4.78, 5) is 36.8. The minimum Gasteiger partial charge on any atom is -0.356 e. The Labute approximate surface area is 174 Å². The molecule has 1 atom stereocenters. The molecule has 9 heteroatoms. The van der Waals surface area contributed by atoms with Crippen molar-refractivity contribution in [2.45, 2.75) is 57.7 Å². The summed E-state index contributed by atoms with van der Waals surface area (Å²) < 4.78 is 39.3. The number of benzene rings is 1. The van der Waals surface area contributed by atoms with E-state index in [4.69, 9.17) is 0 Å². The lowest BCUT2D eigenvalue weighted by Gasteiger charge is -2.26. The van der Waals surface area contributed by atoms with E-state index in [0.29, 0.717) is 37.9 Å². The Morgan fingerprint density at radius 2 is 1.97 bits per heavy atom. The van der Waals surface area contributed by atoms with Crippen molar-refractivity contribution < 1.29 is 27.6 Å². The SMILES string of the molecule is CC(=O)NCCCCCC(=O)N[C@@H](CN1CCCC1=O)c1cccc(C(F)(F)F)c1. The molecule has 0 spiro atoms. The first kappa shape index (κ1) is 23.7. The number of carbonyl (C=O) groups is 3. The molecule has 0 saturated carbocycles. The van der Waals surface area contributed by atoms with Gasteiger partial charge in [-0.2, -0.15) is 13.2 Å². The monoisotopic (exact) mass is 427 g/mol. The van der Waals surface area contributed by atoms with Gasteiger partial charge in [0.1, 0.15) is 0 Å². The molecule has 0 unspecified atom stereocenters. The predicted octanol–water partition coefficient (Wildman–Crippen LogP) is 3.18. The van der Waals surface area contributed by atoms with Crippen molar-refractivity contribution in [3.8, 4) is 0 Å². The summed E-state index contributed by atoms with van der Waals surface area (Å²) >= 11 is 0. The molecule has 3 amide bonds. The molecule has 1 aromatic carbocycles. The normalized spacial score (nSPS) is 15.2. The number of halogens is 3. The zero-order valence-electron chi connectivity index (χ0n) is 17.1. The third kappa shape index (κ3) is 7.68. The molecule has 1 saturated heterocycles. The van der Waals surface area contributed by atoms with Crippen molar-refractivity contribution in [2.24, 2.45) is 0 Å². The molecule has 6 nitrogen and oxygen atoms in total. The highest BCUT2D eigenvalue weighted by atomic mass is 19.4. The molecule has 1 aliphatic rings. The molecule has 1 aliphatic heterocycles. The van der Waals surface area contributed by atoms with E-state index in [0.717, 1.165) is 25.0 Å². The standard InChI is InChI=1S/C21H28F3N3O3/c1-15(28)25-11-4-2-3-9-19(29)26-18(14-27-12-6-10-20(27)30)16-7-5-8-17(13-16)21(22,23)24/h5,7-8,13,18H,2-4,6,9-12,14H2,1H3,(H,25,28)(H,26,29)/t18-/m0/s1. The third-order valence-electron chi connectivity index (χ3n) is 4.98.